The highest BCUT2D eigenvalue weighted by Crippen LogP contribution is 2.29. The van der Waals surface area contributed by atoms with Gasteiger partial charge in [-0.25, -0.2) is 9.48 Å². The Morgan fingerprint density at radius 3 is 2.40 bits per heavy atom. The summed E-state index contributed by atoms with van der Waals surface area (Å²) in [5.41, 5.74) is 0.138. The van der Waals surface area contributed by atoms with Gasteiger partial charge in [-0.15, -0.1) is 0 Å². The molecule has 1 aliphatic heterocycles. The summed E-state index contributed by atoms with van der Waals surface area (Å²) in [4.78, 5) is 26.7. The van der Waals surface area contributed by atoms with Crippen molar-refractivity contribution in [1.29, 1.82) is 0 Å². The molecule has 0 saturated carbocycles. The molecule has 1 aromatic heterocycles. The van der Waals surface area contributed by atoms with Crippen LogP contribution in [-0.2, 0) is 0 Å². The van der Waals surface area contributed by atoms with Crippen molar-refractivity contribution < 1.29 is 23.4 Å². The Morgan fingerprint density at radius 1 is 1.13 bits per heavy atom. The van der Waals surface area contributed by atoms with Crippen LogP contribution in [0.15, 0.2) is 47.3 Å². The second kappa shape index (κ2) is 7.44. The number of nitrogens with zero attached hydrogens (tertiary/aromatic N) is 3. The molecule has 2 radical (unpaired) electrons. The van der Waals surface area contributed by atoms with Crippen LogP contribution < -0.4 is 15.1 Å². The summed E-state index contributed by atoms with van der Waals surface area (Å²) in [5.74, 6) is -1.62. The van der Waals surface area contributed by atoms with Gasteiger partial charge >= 0.3 is 12.0 Å². The smallest absolute Gasteiger partial charge is 0.360 e. The van der Waals surface area contributed by atoms with E-state index in [9.17, 15) is 23.5 Å². The van der Waals surface area contributed by atoms with E-state index in [-0.39, 0.29) is 11.1 Å². The molecule has 1 N–H and O–H groups in total. The van der Waals surface area contributed by atoms with Crippen LogP contribution in [0.4, 0.5) is 14.5 Å². The number of carboxylic acids is 1. The number of aromatic nitrogens is 2. The van der Waals surface area contributed by atoms with Gasteiger partial charge < -0.3 is 14.7 Å². The number of aromatic carboxylic acids is 1. The monoisotopic (exact) mass is 411 g/mol. The highest BCUT2D eigenvalue weighted by atomic mass is 19.3. The zero-order chi connectivity index (χ0) is 21.5. The largest absolute Gasteiger partial charge is 0.476 e. The van der Waals surface area contributed by atoms with Gasteiger partial charge in [-0.2, -0.15) is 13.9 Å². The normalized spacial score (nSPS) is 14.3. The zero-order valence-electron chi connectivity index (χ0n) is 15.7. The predicted molar refractivity (Wildman–Crippen MR) is 107 cm³/mol. The summed E-state index contributed by atoms with van der Waals surface area (Å²) in [6.07, 6.45) is 1.96. The molecule has 152 valence electrons. The fourth-order valence-corrected chi connectivity index (χ4v) is 3.63. The molecular weight excluding hydrogens is 395 g/mol. The lowest BCUT2D eigenvalue weighted by atomic mass is 10.1. The number of anilines is 1. The van der Waals surface area contributed by atoms with Crippen LogP contribution >= 0.6 is 0 Å². The number of hydrogen-bond acceptors (Lipinski definition) is 5. The molecule has 0 aliphatic carbocycles. The average molecular weight is 411 g/mol. The molecule has 0 atom stereocenters. The summed E-state index contributed by atoms with van der Waals surface area (Å²) in [6.45, 7) is 1.53. The number of fused-ring (bicyclic) bond motifs is 1. The van der Waals surface area contributed by atoms with Crippen molar-refractivity contribution in [3.8, 4) is 11.4 Å². The van der Waals surface area contributed by atoms with Crippen molar-refractivity contribution in [3.05, 3.63) is 58.4 Å². The minimum atomic E-state index is -3.83. The lowest BCUT2D eigenvalue weighted by molar-refractivity contribution is -0.0972. The van der Waals surface area contributed by atoms with Crippen LogP contribution in [0.1, 0.15) is 23.3 Å². The quantitative estimate of drug-likeness (QED) is 0.651. The molecular formula is C20H16BF2N3O4. The number of carbonyl (C=O) groups is 1. The standard InChI is InChI=1S/C20H16BF2N3O4/c21-20(22,23)30-13-8-6-12(7-9-13)26-15-5-3-4-14(25-10-1-2-11-25)16(15)18(27)17(24-26)19(28)29/h3-9H,1-2,10-11H2,(H,28,29). The maximum absolute atomic E-state index is 12.9. The van der Waals surface area contributed by atoms with Crippen LogP contribution in [0, 0.1) is 0 Å². The van der Waals surface area contributed by atoms with E-state index in [0.717, 1.165) is 25.9 Å². The van der Waals surface area contributed by atoms with E-state index in [1.165, 1.54) is 28.9 Å². The number of alkyl halides is 2. The van der Waals surface area contributed by atoms with Crippen molar-refractivity contribution in [2.24, 2.45) is 0 Å². The van der Waals surface area contributed by atoms with E-state index in [1.54, 1.807) is 18.2 Å². The lowest BCUT2D eigenvalue weighted by Gasteiger charge is -2.21. The van der Waals surface area contributed by atoms with Gasteiger partial charge in [-0.1, -0.05) is 6.07 Å². The first kappa shape index (κ1) is 19.9. The van der Waals surface area contributed by atoms with Gasteiger partial charge in [0, 0.05) is 13.1 Å². The molecule has 4 rings (SSSR count). The summed E-state index contributed by atoms with van der Waals surface area (Å²) in [5, 5.41) is 13.8. The van der Waals surface area contributed by atoms with Crippen LogP contribution in [0.2, 0.25) is 0 Å². The number of benzene rings is 2. The van der Waals surface area contributed by atoms with Crippen molar-refractivity contribution in [2.75, 3.05) is 18.0 Å². The molecule has 3 aromatic rings. The Labute approximate surface area is 170 Å². The highest BCUT2D eigenvalue weighted by molar-refractivity contribution is 6.12. The Balaban J connectivity index is 1.91. The van der Waals surface area contributed by atoms with Gasteiger partial charge in [-0.05, 0) is 49.2 Å². The molecule has 7 nitrogen and oxygen atoms in total. The minimum Gasteiger partial charge on any atom is -0.476 e. The first-order valence-corrected chi connectivity index (χ1v) is 9.25. The highest BCUT2D eigenvalue weighted by Gasteiger charge is 2.24. The van der Waals surface area contributed by atoms with Crippen LogP contribution in [-0.4, -0.2) is 47.8 Å². The average Bonchev–Trinajstić information content (AvgIpc) is 3.22. The fraction of sp³-hybridized carbons (Fsp3) is 0.250. The van der Waals surface area contributed by atoms with E-state index in [0.29, 0.717) is 16.9 Å². The van der Waals surface area contributed by atoms with E-state index in [4.69, 9.17) is 0 Å². The van der Waals surface area contributed by atoms with Crippen molar-refractivity contribution in [2.45, 2.75) is 18.8 Å². The number of rotatable bonds is 5. The second-order valence-corrected chi connectivity index (χ2v) is 6.92. The van der Waals surface area contributed by atoms with Crippen LogP contribution in [0.3, 0.4) is 0 Å². The van der Waals surface area contributed by atoms with Crippen molar-refractivity contribution in [3.63, 3.8) is 0 Å². The Kier molecular flexibility index (Phi) is 4.93. The minimum absolute atomic E-state index is 0.173. The summed E-state index contributed by atoms with van der Waals surface area (Å²) in [7, 11) is 4.56. The zero-order valence-corrected chi connectivity index (χ0v) is 15.7. The van der Waals surface area contributed by atoms with Crippen molar-refractivity contribution >= 4 is 30.4 Å². The van der Waals surface area contributed by atoms with Gasteiger partial charge in [0.25, 0.3) is 0 Å². The summed E-state index contributed by atoms with van der Waals surface area (Å²) in [6, 6.07) is 6.74. The SMILES string of the molecule is [B]C(F)(F)Oc1ccc(-n2nc(C(=O)O)c(=O)c3c(N4CCCC4)cccc32)cc1. The summed E-state index contributed by atoms with van der Waals surface area (Å²) >= 11 is 0. The van der Waals surface area contributed by atoms with Gasteiger partial charge in [-0.3, -0.25) is 4.79 Å². The van der Waals surface area contributed by atoms with Gasteiger partial charge in [0.2, 0.25) is 19.0 Å². The molecule has 30 heavy (non-hydrogen) atoms. The number of ether oxygens (including phenoxy) is 1. The topological polar surface area (TPSA) is 84.7 Å². The lowest BCUT2D eigenvalue weighted by Crippen LogP contribution is -2.26. The molecule has 2 heterocycles. The Morgan fingerprint density at radius 2 is 1.80 bits per heavy atom. The van der Waals surface area contributed by atoms with Crippen LogP contribution in [0.5, 0.6) is 5.75 Å². The fourth-order valence-electron chi connectivity index (χ4n) is 3.63. The van der Waals surface area contributed by atoms with E-state index < -0.39 is 23.1 Å². The van der Waals surface area contributed by atoms with E-state index in [2.05, 4.69) is 17.7 Å². The second-order valence-electron chi connectivity index (χ2n) is 6.92. The Hall–Kier alpha value is -3.43. The molecule has 1 saturated heterocycles. The van der Waals surface area contributed by atoms with Gasteiger partial charge in [0.05, 0.1) is 22.3 Å². The number of halogens is 2. The van der Waals surface area contributed by atoms with E-state index in [1.807, 2.05) is 4.90 Å². The Bertz CT molecular complexity index is 1170. The first-order valence-electron chi connectivity index (χ1n) is 9.25. The van der Waals surface area contributed by atoms with Gasteiger partial charge in [0.1, 0.15) is 5.75 Å². The third-order valence-corrected chi connectivity index (χ3v) is 4.88. The molecule has 1 fully saturated rings. The summed E-state index contributed by atoms with van der Waals surface area (Å²) < 4.78 is 31.3. The third-order valence-electron chi connectivity index (χ3n) is 4.88. The van der Waals surface area contributed by atoms with Crippen LogP contribution in [0.25, 0.3) is 16.6 Å². The molecule has 10 heteroatoms. The molecule has 0 amide bonds. The molecule has 0 unspecified atom stereocenters. The van der Waals surface area contributed by atoms with Gasteiger partial charge in [0.15, 0.2) is 0 Å². The van der Waals surface area contributed by atoms with Crippen molar-refractivity contribution in [1.82, 2.24) is 9.78 Å². The van der Waals surface area contributed by atoms with E-state index >= 15 is 0 Å². The first-order chi connectivity index (χ1) is 14.2. The third kappa shape index (κ3) is 3.72. The molecule has 1 aliphatic rings. The number of hydrogen-bond donors (Lipinski definition) is 1. The maximum atomic E-state index is 12.9. The number of carboxylic acid groups (broad SMARTS) is 1. The predicted octanol–water partition coefficient (Wildman–Crippen LogP) is 2.78. The molecule has 2 aromatic carbocycles. The maximum Gasteiger partial charge on any atom is 0.360 e. The molecule has 0 spiro atoms. The molecule has 0 bridgehead atoms.